The Morgan fingerprint density at radius 3 is 2.52 bits per heavy atom. The minimum Gasteiger partial charge on any atom is -0.378 e. The van der Waals surface area contributed by atoms with Crippen molar-refractivity contribution in [2.24, 2.45) is 34.5 Å². The Balaban J connectivity index is 1.58. The first-order chi connectivity index (χ1) is 12.8. The maximum atomic E-state index is 12.8. The standard InChI is InChI=1S/C23H32O4/c1-4-22(25)10-9-20(2)15(13-22)14-23(26-11-12-27-23)19-16-5-6-18(24)21(16,3)8-7-17(19)20/h1,15-17,19,25H,5-14H2,2-3H3/t15-,16-,17-,19-,20+,21+,22+/m1/s1. The van der Waals surface area contributed by atoms with E-state index < -0.39 is 11.4 Å². The molecular formula is C23H32O4. The fraction of sp³-hybridized carbons (Fsp3) is 0.870. The molecule has 1 saturated heterocycles. The lowest BCUT2D eigenvalue weighted by atomic mass is 9.43. The molecule has 5 aliphatic rings. The predicted molar refractivity (Wildman–Crippen MR) is 101 cm³/mol. The lowest BCUT2D eigenvalue weighted by molar-refractivity contribution is -0.299. The van der Waals surface area contributed by atoms with E-state index >= 15 is 0 Å². The summed E-state index contributed by atoms with van der Waals surface area (Å²) in [5.74, 6) is 3.92. The summed E-state index contributed by atoms with van der Waals surface area (Å²) in [6.45, 7) is 5.86. The molecule has 4 heteroatoms. The van der Waals surface area contributed by atoms with Crippen molar-refractivity contribution in [1.82, 2.24) is 0 Å². The van der Waals surface area contributed by atoms with Crippen LogP contribution >= 0.6 is 0 Å². The lowest BCUT2D eigenvalue weighted by Crippen LogP contribution is -2.64. The normalized spacial score (nSPS) is 53.5. The van der Waals surface area contributed by atoms with E-state index in [1.807, 2.05) is 0 Å². The van der Waals surface area contributed by atoms with Crippen molar-refractivity contribution in [1.29, 1.82) is 0 Å². The number of aliphatic hydroxyl groups is 1. The fourth-order valence-corrected chi connectivity index (χ4v) is 7.87. The van der Waals surface area contributed by atoms with Gasteiger partial charge in [-0.15, -0.1) is 6.42 Å². The van der Waals surface area contributed by atoms with Crippen LogP contribution in [0.2, 0.25) is 0 Å². The SMILES string of the molecule is C#C[C@]1(O)CC[C@@]2(C)[C@@H](CC3(OCCO3)[C@H]3[C@H]2CC[C@]2(C)C(=O)CC[C@H]32)C1. The number of ketones is 1. The molecule has 4 nitrogen and oxygen atoms in total. The molecule has 1 aliphatic heterocycles. The molecule has 27 heavy (non-hydrogen) atoms. The minimum atomic E-state index is -0.997. The topological polar surface area (TPSA) is 55.8 Å². The largest absolute Gasteiger partial charge is 0.378 e. The number of Topliss-reactive ketones (excluding diaryl/α,β-unsaturated/α-hetero) is 1. The molecule has 148 valence electrons. The van der Waals surface area contributed by atoms with Gasteiger partial charge in [-0.3, -0.25) is 4.79 Å². The van der Waals surface area contributed by atoms with Crippen molar-refractivity contribution in [3.63, 3.8) is 0 Å². The molecule has 0 radical (unpaired) electrons. The van der Waals surface area contributed by atoms with Crippen LogP contribution in [0.25, 0.3) is 0 Å². The van der Waals surface area contributed by atoms with E-state index in [9.17, 15) is 9.90 Å². The highest BCUT2D eigenvalue weighted by Crippen LogP contribution is 2.69. The molecule has 4 saturated carbocycles. The van der Waals surface area contributed by atoms with E-state index in [1.165, 1.54) is 0 Å². The highest BCUT2D eigenvalue weighted by molar-refractivity contribution is 5.87. The summed E-state index contributed by atoms with van der Waals surface area (Å²) in [7, 11) is 0. The van der Waals surface area contributed by atoms with E-state index in [-0.39, 0.29) is 16.7 Å². The number of ether oxygens (including phenoxy) is 2. The van der Waals surface area contributed by atoms with Crippen molar-refractivity contribution >= 4 is 5.78 Å². The predicted octanol–water partition coefficient (Wildman–Crippen LogP) is 3.32. The minimum absolute atomic E-state index is 0.140. The molecule has 0 aromatic carbocycles. The van der Waals surface area contributed by atoms with Gasteiger partial charge in [0.2, 0.25) is 0 Å². The first-order valence-corrected chi connectivity index (χ1v) is 10.8. The first-order valence-electron chi connectivity index (χ1n) is 10.8. The van der Waals surface area contributed by atoms with Gasteiger partial charge < -0.3 is 14.6 Å². The molecule has 5 fully saturated rings. The number of carbonyl (C=O) groups excluding carboxylic acids is 1. The Labute approximate surface area is 162 Å². The van der Waals surface area contributed by atoms with E-state index in [1.54, 1.807) is 0 Å². The zero-order chi connectivity index (χ0) is 19.1. The third-order valence-electron chi connectivity index (χ3n) is 9.50. The number of fused-ring (bicyclic) bond motifs is 6. The van der Waals surface area contributed by atoms with Crippen LogP contribution in [-0.4, -0.2) is 35.5 Å². The molecule has 1 N–H and O–H groups in total. The van der Waals surface area contributed by atoms with Crippen LogP contribution in [0.5, 0.6) is 0 Å². The summed E-state index contributed by atoms with van der Waals surface area (Å²) in [6, 6.07) is 0. The Morgan fingerprint density at radius 2 is 1.81 bits per heavy atom. The third-order valence-corrected chi connectivity index (χ3v) is 9.50. The molecule has 0 amide bonds. The molecule has 0 unspecified atom stereocenters. The Hall–Kier alpha value is -0.890. The smallest absolute Gasteiger partial charge is 0.172 e. The second-order valence-electron chi connectivity index (χ2n) is 10.5. The van der Waals surface area contributed by atoms with Crippen molar-refractivity contribution in [2.45, 2.75) is 76.6 Å². The van der Waals surface area contributed by atoms with Crippen LogP contribution in [-0.2, 0) is 14.3 Å². The summed E-state index contributed by atoms with van der Waals surface area (Å²) < 4.78 is 12.7. The van der Waals surface area contributed by atoms with Crippen LogP contribution in [0.1, 0.15) is 65.2 Å². The summed E-state index contributed by atoms with van der Waals surface area (Å²) in [4.78, 5) is 12.8. The fourth-order valence-electron chi connectivity index (χ4n) is 7.87. The summed E-state index contributed by atoms with van der Waals surface area (Å²) in [5.41, 5.74) is -1.06. The van der Waals surface area contributed by atoms with Gasteiger partial charge in [-0.05, 0) is 61.7 Å². The monoisotopic (exact) mass is 372 g/mol. The number of terminal acetylenes is 1. The molecule has 5 rings (SSSR count). The van der Waals surface area contributed by atoms with Gasteiger partial charge in [0.05, 0.1) is 13.2 Å². The molecule has 4 aliphatic carbocycles. The van der Waals surface area contributed by atoms with Gasteiger partial charge in [0.25, 0.3) is 0 Å². The van der Waals surface area contributed by atoms with Gasteiger partial charge in [-0.25, -0.2) is 0 Å². The van der Waals surface area contributed by atoms with Crippen LogP contribution in [0.3, 0.4) is 0 Å². The zero-order valence-corrected chi connectivity index (χ0v) is 16.6. The number of rotatable bonds is 0. The van der Waals surface area contributed by atoms with Crippen molar-refractivity contribution in [2.75, 3.05) is 13.2 Å². The molecule has 0 aromatic rings. The highest BCUT2D eigenvalue weighted by atomic mass is 16.7. The van der Waals surface area contributed by atoms with Gasteiger partial charge in [0.1, 0.15) is 11.4 Å². The zero-order valence-electron chi connectivity index (χ0n) is 16.6. The average Bonchev–Trinajstić information content (AvgIpc) is 3.23. The first kappa shape index (κ1) is 18.2. The number of carbonyl (C=O) groups is 1. The Kier molecular flexibility index (Phi) is 3.76. The Morgan fingerprint density at radius 1 is 1.07 bits per heavy atom. The van der Waals surface area contributed by atoms with Gasteiger partial charge in [0, 0.05) is 24.2 Å². The van der Waals surface area contributed by atoms with Crippen LogP contribution < -0.4 is 0 Å². The second kappa shape index (κ2) is 5.59. The number of hydrogen-bond donors (Lipinski definition) is 1. The van der Waals surface area contributed by atoms with Gasteiger partial charge in [0.15, 0.2) is 5.79 Å². The summed E-state index contributed by atoms with van der Waals surface area (Å²) in [5, 5.41) is 10.8. The molecule has 0 bridgehead atoms. The molecule has 0 aromatic heterocycles. The number of hydrogen-bond acceptors (Lipinski definition) is 4. The molecule has 1 spiro atoms. The van der Waals surface area contributed by atoms with E-state index in [0.717, 1.165) is 32.1 Å². The van der Waals surface area contributed by atoms with Gasteiger partial charge in [-0.2, -0.15) is 0 Å². The summed E-state index contributed by atoms with van der Waals surface area (Å²) >= 11 is 0. The van der Waals surface area contributed by atoms with E-state index in [4.69, 9.17) is 15.9 Å². The van der Waals surface area contributed by atoms with Gasteiger partial charge in [-0.1, -0.05) is 19.8 Å². The highest BCUT2D eigenvalue weighted by Gasteiger charge is 2.69. The maximum absolute atomic E-state index is 12.8. The van der Waals surface area contributed by atoms with E-state index in [2.05, 4.69) is 19.8 Å². The average molecular weight is 373 g/mol. The third kappa shape index (κ3) is 2.26. The van der Waals surface area contributed by atoms with Crippen LogP contribution in [0.4, 0.5) is 0 Å². The lowest BCUT2D eigenvalue weighted by Gasteiger charge is -2.64. The quantitative estimate of drug-likeness (QED) is 0.663. The van der Waals surface area contributed by atoms with Crippen LogP contribution in [0.15, 0.2) is 0 Å². The van der Waals surface area contributed by atoms with Crippen molar-refractivity contribution in [3.05, 3.63) is 0 Å². The second-order valence-corrected chi connectivity index (χ2v) is 10.5. The van der Waals surface area contributed by atoms with Crippen molar-refractivity contribution < 1.29 is 19.4 Å². The van der Waals surface area contributed by atoms with E-state index in [0.29, 0.717) is 56.0 Å². The molecular weight excluding hydrogens is 340 g/mol. The van der Waals surface area contributed by atoms with Crippen LogP contribution in [0, 0.1) is 46.8 Å². The van der Waals surface area contributed by atoms with Gasteiger partial charge >= 0.3 is 0 Å². The Bertz CT molecular complexity index is 704. The molecule has 1 heterocycles. The summed E-state index contributed by atoms with van der Waals surface area (Å²) in [6.07, 6.45) is 12.5. The van der Waals surface area contributed by atoms with Crippen molar-refractivity contribution in [3.8, 4) is 12.3 Å². The maximum Gasteiger partial charge on any atom is 0.172 e. The molecule has 7 atom stereocenters.